The van der Waals surface area contributed by atoms with Crippen LogP contribution < -0.4 is 11.1 Å². The Morgan fingerprint density at radius 1 is 1.15 bits per heavy atom. The van der Waals surface area contributed by atoms with Crippen LogP contribution in [0.2, 0.25) is 0 Å². The van der Waals surface area contributed by atoms with E-state index in [1.165, 1.54) is 7.11 Å². The van der Waals surface area contributed by atoms with Gasteiger partial charge in [-0.25, -0.2) is 4.79 Å². The van der Waals surface area contributed by atoms with Crippen molar-refractivity contribution in [2.24, 2.45) is 0 Å². The Labute approximate surface area is 157 Å². The second kappa shape index (κ2) is 6.50. The fraction of sp³-hybridized carbons (Fsp3) is 0.0909. The first-order valence-electron chi connectivity index (χ1n) is 8.51. The topological polar surface area (TPSA) is 88.1 Å². The van der Waals surface area contributed by atoms with Crippen LogP contribution in [0.1, 0.15) is 15.9 Å². The van der Waals surface area contributed by atoms with Gasteiger partial charge in [-0.1, -0.05) is 48.6 Å². The Morgan fingerprint density at radius 2 is 1.93 bits per heavy atom. The molecule has 0 saturated heterocycles. The van der Waals surface area contributed by atoms with Crippen molar-refractivity contribution >= 4 is 22.9 Å². The molecule has 1 atom stereocenters. The zero-order valence-electron chi connectivity index (χ0n) is 14.7. The summed E-state index contributed by atoms with van der Waals surface area (Å²) in [5, 5.41) is 12.9. The van der Waals surface area contributed by atoms with Crippen LogP contribution in [0.15, 0.2) is 77.4 Å². The smallest absolute Gasteiger partial charge is 0.340 e. The van der Waals surface area contributed by atoms with E-state index in [4.69, 9.17) is 10.5 Å². The SMILES string of the molecule is COC(=O)c1cccc(N)c1NC1c2ccc(-c3ccccc3)c1c2C#N. The number of anilines is 2. The number of carbonyl (C=O) groups is 1. The van der Waals surface area contributed by atoms with Crippen LogP contribution in [0.4, 0.5) is 11.4 Å². The van der Waals surface area contributed by atoms with Gasteiger partial charge in [0.2, 0.25) is 0 Å². The number of hydrogen-bond donors (Lipinski definition) is 2. The number of ether oxygens (including phenoxy) is 1. The Balaban J connectivity index is 1.74. The van der Waals surface area contributed by atoms with Gasteiger partial charge >= 0.3 is 5.97 Å². The molecule has 132 valence electrons. The molecule has 5 heteroatoms. The van der Waals surface area contributed by atoms with Gasteiger partial charge < -0.3 is 15.8 Å². The molecule has 4 rings (SSSR count). The molecule has 3 N–H and O–H groups in total. The van der Waals surface area contributed by atoms with Gasteiger partial charge in [-0.2, -0.15) is 5.26 Å². The van der Waals surface area contributed by atoms with Gasteiger partial charge in [0.25, 0.3) is 0 Å². The molecule has 0 fully saturated rings. The summed E-state index contributed by atoms with van der Waals surface area (Å²) < 4.78 is 4.87. The third-order valence-corrected chi connectivity index (χ3v) is 4.86. The Bertz CT molecular complexity index is 1070. The molecule has 0 aromatic heterocycles. The molecule has 0 aliphatic heterocycles. The molecule has 2 aliphatic rings. The average Bonchev–Trinajstić information content (AvgIpc) is 2.72. The summed E-state index contributed by atoms with van der Waals surface area (Å²) >= 11 is 0. The molecule has 0 radical (unpaired) electrons. The van der Waals surface area contributed by atoms with Crippen LogP contribution in [0.25, 0.3) is 5.57 Å². The first-order chi connectivity index (χ1) is 13.2. The second-order valence-electron chi connectivity index (χ2n) is 6.31. The van der Waals surface area contributed by atoms with E-state index in [1.54, 1.807) is 18.2 Å². The predicted molar refractivity (Wildman–Crippen MR) is 105 cm³/mol. The molecular formula is C22H17N3O2. The number of para-hydroxylation sites is 1. The molecular weight excluding hydrogens is 338 g/mol. The Hall–Kier alpha value is -3.78. The lowest BCUT2D eigenvalue weighted by molar-refractivity contribution is 0.0602. The maximum Gasteiger partial charge on any atom is 0.340 e. The van der Waals surface area contributed by atoms with Gasteiger partial charge in [0.1, 0.15) is 0 Å². The fourth-order valence-electron chi connectivity index (χ4n) is 3.55. The van der Waals surface area contributed by atoms with Gasteiger partial charge in [0.05, 0.1) is 41.7 Å². The summed E-state index contributed by atoms with van der Waals surface area (Å²) in [6.07, 6.45) is 3.97. The highest BCUT2D eigenvalue weighted by Crippen LogP contribution is 2.47. The highest BCUT2D eigenvalue weighted by Gasteiger charge is 2.40. The number of fused-ring (bicyclic) bond motifs is 2. The summed E-state index contributed by atoms with van der Waals surface area (Å²) in [6, 6.07) is 17.1. The number of nitriles is 1. The van der Waals surface area contributed by atoms with E-state index in [0.717, 1.165) is 22.3 Å². The summed E-state index contributed by atoms with van der Waals surface area (Å²) in [6.45, 7) is 0. The minimum atomic E-state index is -0.462. The first kappa shape index (κ1) is 16.7. The summed E-state index contributed by atoms with van der Waals surface area (Å²) in [5.74, 6) is -0.462. The van der Waals surface area contributed by atoms with Crippen molar-refractivity contribution in [1.82, 2.24) is 0 Å². The number of carbonyl (C=O) groups excluding carboxylic acids is 1. The number of esters is 1. The van der Waals surface area contributed by atoms with Crippen molar-refractivity contribution in [2.45, 2.75) is 6.04 Å². The van der Waals surface area contributed by atoms with Crippen LogP contribution in [-0.4, -0.2) is 19.1 Å². The zero-order valence-corrected chi connectivity index (χ0v) is 14.7. The second-order valence-corrected chi connectivity index (χ2v) is 6.31. The molecule has 0 spiro atoms. The molecule has 2 aromatic carbocycles. The third kappa shape index (κ3) is 2.59. The van der Waals surface area contributed by atoms with Crippen molar-refractivity contribution in [3.8, 4) is 6.07 Å². The number of allylic oxidation sites excluding steroid dienone is 2. The van der Waals surface area contributed by atoms with E-state index in [1.807, 2.05) is 42.5 Å². The third-order valence-electron chi connectivity index (χ3n) is 4.86. The molecule has 0 amide bonds. The predicted octanol–water partition coefficient (Wildman–Crippen LogP) is 3.69. The van der Waals surface area contributed by atoms with Gasteiger partial charge in [-0.05, 0) is 28.8 Å². The standard InChI is InChI=1S/C22H17N3O2/c1-27-22(26)16-8-5-9-18(24)20(16)25-21-15-11-10-14(19(21)17(15)12-23)13-6-3-2-4-7-13/h2-11,21,25H,24H2,1H3. The summed E-state index contributed by atoms with van der Waals surface area (Å²) in [5.41, 5.74) is 12.0. The molecule has 27 heavy (non-hydrogen) atoms. The summed E-state index contributed by atoms with van der Waals surface area (Å²) in [4.78, 5) is 12.1. The first-order valence-corrected chi connectivity index (χ1v) is 8.51. The zero-order chi connectivity index (χ0) is 19.0. The number of nitrogens with zero attached hydrogens (tertiary/aromatic N) is 1. The molecule has 0 saturated carbocycles. The number of hydrogen-bond acceptors (Lipinski definition) is 5. The molecule has 0 heterocycles. The number of nitrogens with one attached hydrogen (secondary N) is 1. The molecule has 2 aliphatic carbocycles. The van der Waals surface area contributed by atoms with Crippen LogP contribution >= 0.6 is 0 Å². The van der Waals surface area contributed by atoms with Gasteiger partial charge in [0, 0.05) is 5.57 Å². The Morgan fingerprint density at radius 3 is 2.63 bits per heavy atom. The van der Waals surface area contributed by atoms with E-state index in [2.05, 4.69) is 11.4 Å². The van der Waals surface area contributed by atoms with E-state index in [9.17, 15) is 10.1 Å². The van der Waals surface area contributed by atoms with E-state index < -0.39 is 5.97 Å². The van der Waals surface area contributed by atoms with E-state index >= 15 is 0 Å². The van der Waals surface area contributed by atoms with Gasteiger partial charge in [-0.15, -0.1) is 0 Å². The lowest BCUT2D eigenvalue weighted by Gasteiger charge is -2.39. The molecule has 2 aromatic rings. The van der Waals surface area contributed by atoms with Crippen molar-refractivity contribution < 1.29 is 9.53 Å². The van der Waals surface area contributed by atoms with Crippen molar-refractivity contribution in [2.75, 3.05) is 18.2 Å². The number of benzene rings is 2. The number of methoxy groups -OCH3 is 1. The fourth-order valence-corrected chi connectivity index (χ4v) is 3.55. The minimum absolute atomic E-state index is 0.201. The normalized spacial score (nSPS) is 17.3. The molecule has 5 nitrogen and oxygen atoms in total. The minimum Gasteiger partial charge on any atom is -0.465 e. The number of rotatable bonds is 4. The highest BCUT2D eigenvalue weighted by molar-refractivity contribution is 6.00. The quantitative estimate of drug-likeness (QED) is 0.645. The van der Waals surface area contributed by atoms with Crippen LogP contribution in [-0.2, 0) is 4.74 Å². The van der Waals surface area contributed by atoms with Crippen molar-refractivity contribution in [3.05, 3.63) is 88.5 Å². The maximum absolute atomic E-state index is 12.1. The van der Waals surface area contributed by atoms with Crippen LogP contribution in [0.5, 0.6) is 0 Å². The monoisotopic (exact) mass is 355 g/mol. The largest absolute Gasteiger partial charge is 0.465 e. The van der Waals surface area contributed by atoms with E-state index in [-0.39, 0.29) is 6.04 Å². The average molecular weight is 355 g/mol. The molecule has 1 unspecified atom stereocenters. The van der Waals surface area contributed by atoms with Crippen molar-refractivity contribution in [3.63, 3.8) is 0 Å². The lowest BCUT2D eigenvalue weighted by atomic mass is 9.69. The van der Waals surface area contributed by atoms with Crippen LogP contribution in [0, 0.1) is 11.3 Å². The van der Waals surface area contributed by atoms with Crippen LogP contribution in [0.3, 0.4) is 0 Å². The number of nitrogens with two attached hydrogens (primary N) is 1. The Kier molecular flexibility index (Phi) is 4.02. The highest BCUT2D eigenvalue weighted by atomic mass is 16.5. The van der Waals surface area contributed by atoms with Gasteiger partial charge in [-0.3, -0.25) is 0 Å². The van der Waals surface area contributed by atoms with Gasteiger partial charge in [0.15, 0.2) is 0 Å². The van der Waals surface area contributed by atoms with E-state index in [0.29, 0.717) is 22.5 Å². The maximum atomic E-state index is 12.1. The van der Waals surface area contributed by atoms with Crippen molar-refractivity contribution in [1.29, 1.82) is 5.26 Å². The lowest BCUT2D eigenvalue weighted by Crippen LogP contribution is -2.37. The summed E-state index contributed by atoms with van der Waals surface area (Å²) in [7, 11) is 1.34. The number of nitrogen functional groups attached to an aromatic ring is 1. The molecule has 2 bridgehead atoms.